The van der Waals surface area contributed by atoms with Crippen LogP contribution in [0.5, 0.6) is 0 Å². The van der Waals surface area contributed by atoms with Gasteiger partial charge in [0.1, 0.15) is 10.6 Å². The van der Waals surface area contributed by atoms with Crippen molar-refractivity contribution in [2.24, 2.45) is 0 Å². The van der Waals surface area contributed by atoms with Gasteiger partial charge in [-0.25, -0.2) is 4.98 Å². The fourth-order valence-corrected chi connectivity index (χ4v) is 3.25. The summed E-state index contributed by atoms with van der Waals surface area (Å²) >= 11 is 7.60. The number of carbonyl (C=O) groups is 1. The van der Waals surface area contributed by atoms with Crippen LogP contribution in [-0.2, 0) is 9.53 Å². The molecule has 0 saturated heterocycles. The van der Waals surface area contributed by atoms with E-state index in [4.69, 9.17) is 16.3 Å². The third kappa shape index (κ3) is 4.96. The van der Waals surface area contributed by atoms with Gasteiger partial charge in [0.2, 0.25) is 0 Å². The van der Waals surface area contributed by atoms with Crippen LogP contribution in [0.1, 0.15) is 27.2 Å². The van der Waals surface area contributed by atoms with E-state index in [9.17, 15) is 4.79 Å². The Labute approximate surface area is 129 Å². The lowest BCUT2D eigenvalue weighted by atomic mass is 9.98. The number of ether oxygens (including phenoxy) is 1. The minimum atomic E-state index is -0.697. The lowest BCUT2D eigenvalue weighted by molar-refractivity contribution is -0.148. The van der Waals surface area contributed by atoms with E-state index in [0.29, 0.717) is 11.4 Å². The van der Waals surface area contributed by atoms with Crippen molar-refractivity contribution in [1.29, 1.82) is 0 Å². The van der Waals surface area contributed by atoms with Crippen molar-refractivity contribution < 1.29 is 9.53 Å². The van der Waals surface area contributed by atoms with Crippen molar-refractivity contribution in [2.75, 3.05) is 12.9 Å². The summed E-state index contributed by atoms with van der Waals surface area (Å²) < 4.78 is 4.89. The summed E-state index contributed by atoms with van der Waals surface area (Å²) in [5.74, 6) is 0.473. The number of hydrogen-bond donors (Lipinski definition) is 1. The first kappa shape index (κ1) is 17.3. The molecule has 0 amide bonds. The van der Waals surface area contributed by atoms with Gasteiger partial charge in [-0.3, -0.25) is 10.1 Å². The molecule has 1 unspecified atom stereocenters. The van der Waals surface area contributed by atoms with Gasteiger partial charge in [-0.1, -0.05) is 11.6 Å². The van der Waals surface area contributed by atoms with Crippen LogP contribution in [0.4, 0.5) is 0 Å². The second-order valence-corrected chi connectivity index (χ2v) is 6.50. The molecule has 20 heavy (non-hydrogen) atoms. The van der Waals surface area contributed by atoms with Crippen LogP contribution in [0.25, 0.3) is 0 Å². The van der Waals surface area contributed by atoms with E-state index in [-0.39, 0.29) is 12.0 Å². The number of carbonyl (C=O) groups excluding carboxylic acids is 1. The summed E-state index contributed by atoms with van der Waals surface area (Å²) in [5, 5.41) is 4.68. The molecule has 0 aliphatic rings. The Morgan fingerprint density at radius 1 is 1.60 bits per heavy atom. The Morgan fingerprint density at radius 2 is 2.30 bits per heavy atom. The van der Waals surface area contributed by atoms with Crippen molar-refractivity contribution in [3.63, 3.8) is 0 Å². The van der Waals surface area contributed by atoms with Crippen molar-refractivity contribution in [3.05, 3.63) is 23.4 Å². The topological polar surface area (TPSA) is 51.2 Å². The molecule has 0 aliphatic carbocycles. The van der Waals surface area contributed by atoms with Crippen LogP contribution < -0.4 is 5.32 Å². The first-order valence-electron chi connectivity index (χ1n) is 6.48. The van der Waals surface area contributed by atoms with Gasteiger partial charge in [0, 0.05) is 18.0 Å². The minimum Gasteiger partial charge on any atom is -0.468 e. The second kappa shape index (κ2) is 7.86. The molecule has 1 atom stereocenters. The zero-order valence-electron chi connectivity index (χ0n) is 12.3. The first-order valence-corrected chi connectivity index (χ1v) is 7.85. The number of thioether (sulfide) groups is 1. The largest absolute Gasteiger partial charge is 0.468 e. The Balaban J connectivity index is 2.63. The van der Waals surface area contributed by atoms with Gasteiger partial charge < -0.3 is 4.74 Å². The highest BCUT2D eigenvalue weighted by Crippen LogP contribution is 2.26. The molecule has 0 aromatic carbocycles. The summed E-state index contributed by atoms with van der Waals surface area (Å²) in [4.78, 5) is 16.2. The number of aromatic nitrogens is 1. The fourth-order valence-electron chi connectivity index (χ4n) is 1.92. The van der Waals surface area contributed by atoms with Crippen molar-refractivity contribution in [1.82, 2.24) is 10.3 Å². The molecule has 1 aromatic rings. The van der Waals surface area contributed by atoms with Crippen LogP contribution in [0.2, 0.25) is 5.02 Å². The molecule has 0 spiro atoms. The second-order valence-electron chi connectivity index (χ2n) is 5.01. The maximum atomic E-state index is 11.9. The molecule has 0 fully saturated rings. The van der Waals surface area contributed by atoms with Gasteiger partial charge in [-0.05, 0) is 39.3 Å². The molecule has 1 N–H and O–H groups in total. The van der Waals surface area contributed by atoms with Crippen LogP contribution in [-0.4, -0.2) is 35.4 Å². The lowest BCUT2D eigenvalue weighted by Gasteiger charge is -2.30. The van der Waals surface area contributed by atoms with E-state index in [1.807, 2.05) is 26.8 Å². The highest BCUT2D eigenvalue weighted by Gasteiger charge is 2.34. The van der Waals surface area contributed by atoms with E-state index < -0.39 is 5.54 Å². The van der Waals surface area contributed by atoms with E-state index in [1.54, 1.807) is 12.3 Å². The molecular formula is C14H21ClN2O2S. The highest BCUT2D eigenvalue weighted by atomic mass is 35.5. The molecule has 0 radical (unpaired) electrons. The number of esters is 1. The molecule has 6 heteroatoms. The number of pyridine rings is 1. The number of rotatable bonds is 7. The normalized spacial score (nSPS) is 14.1. The van der Waals surface area contributed by atoms with Crippen molar-refractivity contribution >= 4 is 29.3 Å². The van der Waals surface area contributed by atoms with Crippen LogP contribution >= 0.6 is 23.4 Å². The fraction of sp³-hybridized carbons (Fsp3) is 0.571. The van der Waals surface area contributed by atoms with Gasteiger partial charge in [-0.2, -0.15) is 0 Å². The summed E-state index contributed by atoms with van der Waals surface area (Å²) in [6.45, 7) is 5.87. The highest BCUT2D eigenvalue weighted by molar-refractivity contribution is 7.99. The maximum Gasteiger partial charge on any atom is 0.325 e. The van der Waals surface area contributed by atoms with Gasteiger partial charge in [-0.15, -0.1) is 11.8 Å². The molecule has 1 heterocycles. The van der Waals surface area contributed by atoms with Crippen LogP contribution in [0.3, 0.4) is 0 Å². The third-order valence-corrected chi connectivity index (χ3v) is 4.23. The standard InChI is InChI=1S/C14H21ClN2O2S/c1-10(2)17-14(3,13(18)19-4)7-9-20-12-11(15)6-5-8-16-12/h5-6,8,10,17H,7,9H2,1-4H3. The maximum absolute atomic E-state index is 11.9. The van der Waals surface area contributed by atoms with Crippen LogP contribution in [0, 0.1) is 0 Å². The van der Waals surface area contributed by atoms with Crippen LogP contribution in [0.15, 0.2) is 23.4 Å². The minimum absolute atomic E-state index is 0.197. The van der Waals surface area contributed by atoms with E-state index in [0.717, 1.165) is 10.8 Å². The summed E-state index contributed by atoms with van der Waals surface area (Å²) in [6, 6.07) is 3.80. The Morgan fingerprint density at radius 3 is 2.85 bits per heavy atom. The molecule has 112 valence electrons. The first-order chi connectivity index (χ1) is 9.39. The van der Waals surface area contributed by atoms with E-state index in [2.05, 4.69) is 10.3 Å². The zero-order valence-corrected chi connectivity index (χ0v) is 13.8. The number of halogens is 1. The average molecular weight is 317 g/mol. The van der Waals surface area contributed by atoms with Gasteiger partial charge >= 0.3 is 5.97 Å². The smallest absolute Gasteiger partial charge is 0.325 e. The predicted molar refractivity (Wildman–Crippen MR) is 83.3 cm³/mol. The Hall–Kier alpha value is -0.780. The molecule has 4 nitrogen and oxygen atoms in total. The molecule has 1 aromatic heterocycles. The molecule has 0 saturated carbocycles. The summed E-state index contributed by atoms with van der Waals surface area (Å²) in [7, 11) is 1.41. The molecule has 1 rings (SSSR count). The van der Waals surface area contributed by atoms with Gasteiger partial charge in [0.25, 0.3) is 0 Å². The van der Waals surface area contributed by atoms with Crippen molar-refractivity contribution in [2.45, 2.75) is 43.8 Å². The molecule has 0 aliphatic heterocycles. The summed E-state index contributed by atoms with van der Waals surface area (Å²) in [6.07, 6.45) is 2.34. The number of methoxy groups -OCH3 is 1. The molecule has 0 bridgehead atoms. The quantitative estimate of drug-likeness (QED) is 0.618. The molecular weight excluding hydrogens is 296 g/mol. The average Bonchev–Trinajstić information content (AvgIpc) is 2.39. The Kier molecular flexibility index (Phi) is 6.79. The SMILES string of the molecule is COC(=O)C(C)(CCSc1ncccc1Cl)NC(C)C. The lowest BCUT2D eigenvalue weighted by Crippen LogP contribution is -2.53. The van der Waals surface area contributed by atoms with Crippen molar-refractivity contribution in [3.8, 4) is 0 Å². The predicted octanol–water partition coefficient (Wildman–Crippen LogP) is 3.15. The number of nitrogens with zero attached hydrogens (tertiary/aromatic N) is 1. The zero-order chi connectivity index (χ0) is 15.2. The Bertz CT molecular complexity index is 457. The van der Waals surface area contributed by atoms with E-state index in [1.165, 1.54) is 18.9 Å². The summed E-state index contributed by atoms with van der Waals surface area (Å²) in [5.41, 5.74) is -0.697. The van der Waals surface area contributed by atoms with Gasteiger partial charge in [0.05, 0.1) is 12.1 Å². The number of nitrogens with one attached hydrogen (secondary N) is 1. The monoisotopic (exact) mass is 316 g/mol. The third-order valence-electron chi connectivity index (χ3n) is 2.81. The van der Waals surface area contributed by atoms with Gasteiger partial charge in [0.15, 0.2) is 0 Å². The number of hydrogen-bond acceptors (Lipinski definition) is 5. The van der Waals surface area contributed by atoms with E-state index >= 15 is 0 Å².